The molecule has 0 fully saturated rings. The molecular weight excluding hydrogens is 282 g/mol. The SMILES string of the molecule is COc1cccc(C(=O)Nc2cc(-n3ccnc3)ncn2)c1. The first-order valence-electron chi connectivity index (χ1n) is 6.52. The molecule has 7 heteroatoms. The van der Waals surface area contributed by atoms with E-state index >= 15 is 0 Å². The lowest BCUT2D eigenvalue weighted by Crippen LogP contribution is -2.13. The van der Waals surface area contributed by atoms with E-state index in [9.17, 15) is 4.79 Å². The lowest BCUT2D eigenvalue weighted by Gasteiger charge is -2.07. The van der Waals surface area contributed by atoms with Gasteiger partial charge in [-0.3, -0.25) is 9.36 Å². The molecule has 1 amide bonds. The molecule has 1 N–H and O–H groups in total. The van der Waals surface area contributed by atoms with Gasteiger partial charge in [0, 0.05) is 24.0 Å². The molecule has 0 saturated heterocycles. The van der Waals surface area contributed by atoms with E-state index in [1.54, 1.807) is 60.7 Å². The molecule has 0 aliphatic carbocycles. The number of nitrogens with one attached hydrogen (secondary N) is 1. The van der Waals surface area contributed by atoms with Crippen LogP contribution < -0.4 is 10.1 Å². The molecule has 1 aromatic carbocycles. The van der Waals surface area contributed by atoms with Gasteiger partial charge in [0.25, 0.3) is 5.91 Å². The number of benzene rings is 1. The number of nitrogens with zero attached hydrogens (tertiary/aromatic N) is 4. The molecule has 2 aromatic heterocycles. The van der Waals surface area contributed by atoms with E-state index in [2.05, 4.69) is 20.3 Å². The van der Waals surface area contributed by atoms with Gasteiger partial charge in [-0.25, -0.2) is 15.0 Å². The van der Waals surface area contributed by atoms with Crippen LogP contribution in [0.2, 0.25) is 0 Å². The molecular formula is C15H13N5O2. The number of amides is 1. The van der Waals surface area contributed by atoms with Gasteiger partial charge >= 0.3 is 0 Å². The Bertz CT molecular complexity index is 786. The van der Waals surface area contributed by atoms with Crippen LogP contribution in [-0.2, 0) is 0 Å². The lowest BCUT2D eigenvalue weighted by molar-refractivity contribution is 0.102. The standard InChI is InChI=1S/C15H13N5O2/c1-22-12-4-2-3-11(7-12)15(21)19-13-8-14(18-9-17-13)20-6-5-16-10-20/h2-10H,1H3,(H,17,18,19,21). The molecule has 0 aliphatic rings. The third-order valence-corrected chi connectivity index (χ3v) is 3.00. The molecule has 3 rings (SSSR count). The van der Waals surface area contributed by atoms with E-state index in [0.29, 0.717) is 22.9 Å². The van der Waals surface area contributed by atoms with Crippen LogP contribution in [0.4, 0.5) is 5.82 Å². The first kappa shape index (κ1) is 13.7. The molecule has 110 valence electrons. The second-order valence-corrected chi connectivity index (χ2v) is 4.42. The fraction of sp³-hybridized carbons (Fsp3) is 0.0667. The highest BCUT2D eigenvalue weighted by atomic mass is 16.5. The van der Waals surface area contributed by atoms with Gasteiger partial charge in [-0.15, -0.1) is 0 Å². The van der Waals surface area contributed by atoms with Crippen LogP contribution in [-0.4, -0.2) is 32.5 Å². The maximum Gasteiger partial charge on any atom is 0.256 e. The van der Waals surface area contributed by atoms with Crippen LogP contribution in [0.15, 0.2) is 55.4 Å². The van der Waals surface area contributed by atoms with Crippen LogP contribution in [0.25, 0.3) is 5.82 Å². The van der Waals surface area contributed by atoms with E-state index in [-0.39, 0.29) is 5.91 Å². The average Bonchev–Trinajstić information content (AvgIpc) is 3.10. The molecule has 2 heterocycles. The molecule has 0 spiro atoms. The molecule has 0 bridgehead atoms. The molecule has 3 aromatic rings. The molecule has 0 aliphatic heterocycles. The Labute approximate surface area is 126 Å². The first-order valence-corrected chi connectivity index (χ1v) is 6.52. The molecule has 0 unspecified atom stereocenters. The average molecular weight is 295 g/mol. The van der Waals surface area contributed by atoms with Crippen LogP contribution >= 0.6 is 0 Å². The summed E-state index contributed by atoms with van der Waals surface area (Å²) in [5, 5.41) is 2.73. The third-order valence-electron chi connectivity index (χ3n) is 3.00. The fourth-order valence-electron chi connectivity index (χ4n) is 1.90. The van der Waals surface area contributed by atoms with E-state index in [1.807, 2.05) is 0 Å². The predicted molar refractivity (Wildman–Crippen MR) is 80.1 cm³/mol. The Kier molecular flexibility index (Phi) is 3.78. The number of rotatable bonds is 4. The van der Waals surface area contributed by atoms with Crippen molar-refractivity contribution in [2.75, 3.05) is 12.4 Å². The Hall–Kier alpha value is -3.22. The summed E-state index contributed by atoms with van der Waals surface area (Å²) in [5.74, 6) is 1.38. The van der Waals surface area contributed by atoms with Gasteiger partial charge in [0.15, 0.2) is 0 Å². The summed E-state index contributed by atoms with van der Waals surface area (Å²) in [6.07, 6.45) is 6.42. The second kappa shape index (κ2) is 6.04. The highest BCUT2D eigenvalue weighted by molar-refractivity contribution is 6.04. The summed E-state index contributed by atoms with van der Waals surface area (Å²) in [4.78, 5) is 24.4. The summed E-state index contributed by atoms with van der Waals surface area (Å²) in [5.41, 5.74) is 0.488. The summed E-state index contributed by atoms with van der Waals surface area (Å²) in [6, 6.07) is 8.56. The van der Waals surface area contributed by atoms with Crippen molar-refractivity contribution in [1.82, 2.24) is 19.5 Å². The van der Waals surface area contributed by atoms with Gasteiger partial charge in [-0.1, -0.05) is 6.07 Å². The molecule has 7 nitrogen and oxygen atoms in total. The number of methoxy groups -OCH3 is 1. The normalized spacial score (nSPS) is 10.2. The topological polar surface area (TPSA) is 81.9 Å². The molecule has 22 heavy (non-hydrogen) atoms. The summed E-state index contributed by atoms with van der Waals surface area (Å²) < 4.78 is 6.83. The number of carbonyl (C=O) groups is 1. The number of ether oxygens (including phenoxy) is 1. The first-order chi connectivity index (χ1) is 10.8. The van der Waals surface area contributed by atoms with Gasteiger partial charge in [0.05, 0.1) is 7.11 Å². The summed E-state index contributed by atoms with van der Waals surface area (Å²) >= 11 is 0. The van der Waals surface area contributed by atoms with Gasteiger partial charge in [-0.2, -0.15) is 0 Å². The highest BCUT2D eigenvalue weighted by Gasteiger charge is 2.09. The van der Waals surface area contributed by atoms with Crippen molar-refractivity contribution in [3.05, 3.63) is 60.9 Å². The molecule has 0 radical (unpaired) electrons. The maximum atomic E-state index is 12.2. The van der Waals surface area contributed by atoms with Crippen molar-refractivity contribution >= 4 is 11.7 Å². The minimum atomic E-state index is -0.269. The summed E-state index contributed by atoms with van der Waals surface area (Å²) in [6.45, 7) is 0. The van der Waals surface area contributed by atoms with Gasteiger partial charge in [0.2, 0.25) is 0 Å². The smallest absolute Gasteiger partial charge is 0.256 e. The number of hydrogen-bond acceptors (Lipinski definition) is 5. The van der Waals surface area contributed by atoms with Crippen LogP contribution in [0.1, 0.15) is 10.4 Å². The van der Waals surface area contributed by atoms with Gasteiger partial charge in [0.1, 0.15) is 30.0 Å². The minimum Gasteiger partial charge on any atom is -0.497 e. The molecule has 0 atom stereocenters. The largest absolute Gasteiger partial charge is 0.497 e. The van der Waals surface area contributed by atoms with Gasteiger partial charge < -0.3 is 10.1 Å². The highest BCUT2D eigenvalue weighted by Crippen LogP contribution is 2.15. The maximum absolute atomic E-state index is 12.2. The van der Waals surface area contributed by atoms with Crippen LogP contribution in [0, 0.1) is 0 Å². The monoisotopic (exact) mass is 295 g/mol. The Morgan fingerprint density at radius 3 is 2.95 bits per heavy atom. The van der Waals surface area contributed by atoms with Crippen molar-refractivity contribution < 1.29 is 9.53 Å². The Balaban J connectivity index is 1.80. The van der Waals surface area contributed by atoms with Crippen LogP contribution in [0.3, 0.4) is 0 Å². The number of anilines is 1. The lowest BCUT2D eigenvalue weighted by atomic mass is 10.2. The van der Waals surface area contributed by atoms with E-state index in [1.165, 1.54) is 6.33 Å². The number of imidazole rings is 1. The van der Waals surface area contributed by atoms with Crippen molar-refractivity contribution in [3.8, 4) is 11.6 Å². The fourth-order valence-corrected chi connectivity index (χ4v) is 1.90. The van der Waals surface area contributed by atoms with E-state index in [4.69, 9.17) is 4.74 Å². The predicted octanol–water partition coefficient (Wildman–Crippen LogP) is 1.92. The van der Waals surface area contributed by atoms with Crippen LogP contribution in [0.5, 0.6) is 5.75 Å². The zero-order valence-electron chi connectivity index (χ0n) is 11.8. The number of carbonyl (C=O) groups excluding carboxylic acids is 1. The zero-order valence-corrected chi connectivity index (χ0v) is 11.8. The Morgan fingerprint density at radius 1 is 1.27 bits per heavy atom. The van der Waals surface area contributed by atoms with E-state index in [0.717, 1.165) is 0 Å². The second-order valence-electron chi connectivity index (χ2n) is 4.42. The van der Waals surface area contributed by atoms with Crippen molar-refractivity contribution in [2.45, 2.75) is 0 Å². The molecule has 0 saturated carbocycles. The van der Waals surface area contributed by atoms with E-state index < -0.39 is 0 Å². The zero-order chi connectivity index (χ0) is 15.4. The van der Waals surface area contributed by atoms with Gasteiger partial charge in [-0.05, 0) is 18.2 Å². The number of hydrogen-bond donors (Lipinski definition) is 1. The summed E-state index contributed by atoms with van der Waals surface area (Å²) in [7, 11) is 1.55. The van der Waals surface area contributed by atoms with Crippen molar-refractivity contribution in [1.29, 1.82) is 0 Å². The third kappa shape index (κ3) is 2.93. The minimum absolute atomic E-state index is 0.269. The Morgan fingerprint density at radius 2 is 2.18 bits per heavy atom. The number of aromatic nitrogens is 4. The van der Waals surface area contributed by atoms with Crippen molar-refractivity contribution in [3.63, 3.8) is 0 Å². The quantitative estimate of drug-likeness (QED) is 0.795. The van der Waals surface area contributed by atoms with Crippen molar-refractivity contribution in [2.24, 2.45) is 0 Å².